The Morgan fingerprint density at radius 2 is 1.74 bits per heavy atom. The Morgan fingerprint density at radius 3 is 2.22 bits per heavy atom. The van der Waals surface area contributed by atoms with Gasteiger partial charge in [-0.25, -0.2) is 0 Å². The van der Waals surface area contributed by atoms with E-state index >= 15 is 0 Å². The van der Waals surface area contributed by atoms with Crippen molar-refractivity contribution in [2.45, 2.75) is 19.9 Å². The van der Waals surface area contributed by atoms with Crippen LogP contribution in [0.3, 0.4) is 0 Å². The van der Waals surface area contributed by atoms with Crippen molar-refractivity contribution in [1.29, 1.82) is 0 Å². The minimum Gasteiger partial charge on any atom is -0.494 e. The van der Waals surface area contributed by atoms with E-state index < -0.39 is 11.0 Å². The minimum absolute atomic E-state index is 0.180. The number of benzene rings is 2. The van der Waals surface area contributed by atoms with Gasteiger partial charge in [0.25, 0.3) is 5.69 Å². The number of ether oxygens (including phenoxy) is 3. The fraction of sp³-hybridized carbons (Fsp3) is 0.316. The molecule has 2 aromatic rings. The van der Waals surface area contributed by atoms with E-state index in [2.05, 4.69) is 5.32 Å². The first-order valence-electron chi connectivity index (χ1n) is 8.31. The molecule has 0 bridgehead atoms. The van der Waals surface area contributed by atoms with E-state index in [1.807, 2.05) is 6.92 Å². The molecular weight excluding hydrogens is 352 g/mol. The average Bonchev–Trinajstić information content (AvgIpc) is 2.65. The summed E-state index contributed by atoms with van der Waals surface area (Å²) in [5.41, 5.74) is 0.779. The highest BCUT2D eigenvalue weighted by molar-refractivity contribution is 5.74. The van der Waals surface area contributed by atoms with Crippen LogP contribution < -0.4 is 19.5 Å². The molecule has 0 aliphatic rings. The van der Waals surface area contributed by atoms with Crippen LogP contribution in [0, 0.1) is 10.1 Å². The summed E-state index contributed by atoms with van der Waals surface area (Å²) >= 11 is 0. The third kappa shape index (κ3) is 4.66. The van der Waals surface area contributed by atoms with Gasteiger partial charge in [-0.1, -0.05) is 12.1 Å². The normalized spacial score (nSPS) is 11.4. The zero-order valence-corrected chi connectivity index (χ0v) is 15.6. The maximum absolute atomic E-state index is 11.8. The molecule has 2 aromatic carbocycles. The fourth-order valence-corrected chi connectivity index (χ4v) is 2.74. The van der Waals surface area contributed by atoms with Gasteiger partial charge in [0, 0.05) is 6.92 Å². The van der Waals surface area contributed by atoms with Crippen LogP contribution in [0.1, 0.15) is 31.0 Å². The van der Waals surface area contributed by atoms with E-state index in [0.717, 1.165) is 0 Å². The Morgan fingerprint density at radius 1 is 1.15 bits per heavy atom. The highest BCUT2D eigenvalue weighted by Crippen LogP contribution is 2.39. The number of nitrogens with zero attached hydrogens (tertiary/aromatic N) is 1. The van der Waals surface area contributed by atoms with Crippen molar-refractivity contribution in [3.05, 3.63) is 57.6 Å². The van der Waals surface area contributed by atoms with Crippen LogP contribution in [0.5, 0.6) is 17.2 Å². The molecule has 8 heteroatoms. The molecule has 0 radical (unpaired) electrons. The summed E-state index contributed by atoms with van der Waals surface area (Å²) in [4.78, 5) is 22.9. The van der Waals surface area contributed by atoms with Gasteiger partial charge in [0.1, 0.15) is 5.75 Å². The standard InChI is InChI=1S/C19H22N2O6/c1-5-27-14-8-6-13(7-9-14)19(20-12(2)22)15-10-17(25-3)18(26-4)11-16(15)21(23)24/h6-11,19H,5H2,1-4H3,(H,20,22). The highest BCUT2D eigenvalue weighted by Gasteiger charge is 2.27. The molecule has 0 aliphatic carbocycles. The second-order valence-corrected chi connectivity index (χ2v) is 5.66. The molecule has 1 N–H and O–H groups in total. The van der Waals surface area contributed by atoms with Gasteiger partial charge < -0.3 is 19.5 Å². The molecule has 144 valence electrons. The van der Waals surface area contributed by atoms with Crippen molar-refractivity contribution in [3.8, 4) is 17.2 Å². The second kappa shape index (κ2) is 8.88. The molecule has 8 nitrogen and oxygen atoms in total. The Bertz CT molecular complexity index is 820. The summed E-state index contributed by atoms with van der Waals surface area (Å²) < 4.78 is 15.9. The highest BCUT2D eigenvalue weighted by atomic mass is 16.6. The monoisotopic (exact) mass is 374 g/mol. The summed E-state index contributed by atoms with van der Waals surface area (Å²) in [6.07, 6.45) is 0. The van der Waals surface area contributed by atoms with Crippen LogP contribution >= 0.6 is 0 Å². The number of nitro groups is 1. The lowest BCUT2D eigenvalue weighted by Crippen LogP contribution is -2.27. The smallest absolute Gasteiger partial charge is 0.279 e. The van der Waals surface area contributed by atoms with Crippen molar-refractivity contribution in [2.24, 2.45) is 0 Å². The molecule has 0 heterocycles. The van der Waals surface area contributed by atoms with Crippen molar-refractivity contribution >= 4 is 11.6 Å². The fourth-order valence-electron chi connectivity index (χ4n) is 2.74. The first kappa shape index (κ1) is 20.0. The van der Waals surface area contributed by atoms with E-state index in [1.54, 1.807) is 24.3 Å². The maximum Gasteiger partial charge on any atom is 0.279 e. The summed E-state index contributed by atoms with van der Waals surface area (Å²) in [5.74, 6) is 0.920. The maximum atomic E-state index is 11.8. The largest absolute Gasteiger partial charge is 0.494 e. The van der Waals surface area contributed by atoms with Crippen molar-refractivity contribution in [2.75, 3.05) is 20.8 Å². The van der Waals surface area contributed by atoms with Crippen LogP contribution in [0.4, 0.5) is 5.69 Å². The minimum atomic E-state index is -0.738. The zero-order valence-electron chi connectivity index (χ0n) is 15.6. The third-order valence-electron chi connectivity index (χ3n) is 3.91. The van der Waals surface area contributed by atoms with Gasteiger partial charge in [0.05, 0.1) is 43.4 Å². The van der Waals surface area contributed by atoms with Crippen LogP contribution in [0.25, 0.3) is 0 Å². The quantitative estimate of drug-likeness (QED) is 0.562. The number of amides is 1. The van der Waals surface area contributed by atoms with Crippen LogP contribution in [0.15, 0.2) is 36.4 Å². The van der Waals surface area contributed by atoms with Gasteiger partial charge in [-0.05, 0) is 30.7 Å². The zero-order chi connectivity index (χ0) is 20.0. The van der Waals surface area contributed by atoms with Gasteiger partial charge in [-0.2, -0.15) is 0 Å². The predicted molar refractivity (Wildman–Crippen MR) is 99.5 cm³/mol. The van der Waals surface area contributed by atoms with Gasteiger partial charge in [-0.3, -0.25) is 14.9 Å². The number of carbonyl (C=O) groups is 1. The molecule has 0 aromatic heterocycles. The molecule has 0 spiro atoms. The van der Waals surface area contributed by atoms with Gasteiger partial charge in [0.15, 0.2) is 11.5 Å². The lowest BCUT2D eigenvalue weighted by Gasteiger charge is -2.20. The molecule has 0 saturated heterocycles. The lowest BCUT2D eigenvalue weighted by molar-refractivity contribution is -0.385. The molecule has 0 saturated carbocycles. The summed E-state index contributed by atoms with van der Waals surface area (Å²) in [5, 5.41) is 14.4. The Labute approximate surface area is 157 Å². The number of carbonyl (C=O) groups excluding carboxylic acids is 1. The topological polar surface area (TPSA) is 99.9 Å². The molecule has 0 aliphatic heterocycles. The molecule has 27 heavy (non-hydrogen) atoms. The summed E-state index contributed by atoms with van der Waals surface area (Å²) in [6.45, 7) is 3.75. The van der Waals surface area contributed by atoms with E-state index in [0.29, 0.717) is 23.7 Å². The SMILES string of the molecule is CCOc1ccc(C(NC(C)=O)c2cc(OC)c(OC)cc2[N+](=O)[O-])cc1. The molecule has 1 unspecified atom stereocenters. The second-order valence-electron chi connectivity index (χ2n) is 5.66. The number of nitrogens with one attached hydrogen (secondary N) is 1. The van der Waals surface area contributed by atoms with Gasteiger partial charge >= 0.3 is 0 Å². The molecule has 1 atom stereocenters. The van der Waals surface area contributed by atoms with Crippen molar-refractivity contribution in [1.82, 2.24) is 5.32 Å². The first-order valence-corrected chi connectivity index (χ1v) is 8.31. The molecule has 1 amide bonds. The average molecular weight is 374 g/mol. The van der Waals surface area contributed by atoms with Crippen molar-refractivity contribution in [3.63, 3.8) is 0 Å². The van der Waals surface area contributed by atoms with Crippen LogP contribution in [0.2, 0.25) is 0 Å². The summed E-state index contributed by atoms with van der Waals surface area (Å²) in [7, 11) is 2.84. The van der Waals surface area contributed by atoms with E-state index in [1.165, 1.54) is 33.3 Å². The predicted octanol–water partition coefficient (Wildman–Crippen LogP) is 3.24. The van der Waals surface area contributed by atoms with Crippen LogP contribution in [-0.2, 0) is 4.79 Å². The molecule has 2 rings (SSSR count). The van der Waals surface area contributed by atoms with Crippen molar-refractivity contribution < 1.29 is 23.9 Å². The third-order valence-corrected chi connectivity index (χ3v) is 3.91. The Hall–Kier alpha value is -3.29. The van der Waals surface area contributed by atoms with E-state index in [9.17, 15) is 14.9 Å². The Kier molecular flexibility index (Phi) is 6.59. The number of methoxy groups -OCH3 is 2. The molecule has 0 fully saturated rings. The van der Waals surface area contributed by atoms with E-state index in [4.69, 9.17) is 14.2 Å². The van der Waals surface area contributed by atoms with Gasteiger partial charge in [-0.15, -0.1) is 0 Å². The summed E-state index contributed by atoms with van der Waals surface area (Å²) in [6, 6.07) is 9.07. The number of hydrogen-bond acceptors (Lipinski definition) is 6. The van der Waals surface area contributed by atoms with E-state index in [-0.39, 0.29) is 22.9 Å². The van der Waals surface area contributed by atoms with Gasteiger partial charge in [0.2, 0.25) is 5.91 Å². The number of hydrogen-bond donors (Lipinski definition) is 1. The lowest BCUT2D eigenvalue weighted by atomic mass is 9.96. The van der Waals surface area contributed by atoms with Crippen LogP contribution in [-0.4, -0.2) is 31.7 Å². The molecular formula is C19H22N2O6. The Balaban J connectivity index is 2.61. The number of nitro benzene ring substituents is 1. The first-order chi connectivity index (χ1) is 12.9. The number of rotatable bonds is 8.